The number of halogens is 1. The lowest BCUT2D eigenvalue weighted by Gasteiger charge is -2.02. The summed E-state index contributed by atoms with van der Waals surface area (Å²) in [4.78, 5) is 14.2. The molecule has 3 aromatic rings. The SMILES string of the molecule is Cc1cnc(Cn2c(N)nc3cc(Br)cnc32)s1. The van der Waals surface area contributed by atoms with Crippen LogP contribution in [0.2, 0.25) is 0 Å². The quantitative estimate of drug-likeness (QED) is 0.787. The van der Waals surface area contributed by atoms with Gasteiger partial charge in [0.2, 0.25) is 5.95 Å². The summed E-state index contributed by atoms with van der Waals surface area (Å²) in [7, 11) is 0. The second-order valence-corrected chi connectivity index (χ2v) is 6.15. The van der Waals surface area contributed by atoms with Gasteiger partial charge in [0.15, 0.2) is 5.65 Å². The Bertz CT molecular complexity index is 717. The molecule has 0 spiro atoms. The zero-order valence-corrected chi connectivity index (χ0v) is 12.0. The summed E-state index contributed by atoms with van der Waals surface area (Å²) >= 11 is 5.03. The van der Waals surface area contributed by atoms with Gasteiger partial charge in [-0.15, -0.1) is 11.3 Å². The maximum absolute atomic E-state index is 5.93. The second kappa shape index (κ2) is 4.33. The summed E-state index contributed by atoms with van der Waals surface area (Å²) in [6, 6.07) is 1.91. The van der Waals surface area contributed by atoms with Crippen LogP contribution in [-0.4, -0.2) is 19.5 Å². The summed E-state index contributed by atoms with van der Waals surface area (Å²) < 4.78 is 2.77. The predicted octanol–water partition coefficient (Wildman–Crippen LogP) is 2.59. The minimum absolute atomic E-state index is 0.462. The summed E-state index contributed by atoms with van der Waals surface area (Å²) in [6.45, 7) is 2.64. The number of nitrogens with zero attached hydrogens (tertiary/aromatic N) is 4. The first kappa shape index (κ1) is 11.6. The molecular formula is C11H10BrN5S. The van der Waals surface area contributed by atoms with Crippen LogP contribution in [-0.2, 0) is 6.54 Å². The summed E-state index contributed by atoms with van der Waals surface area (Å²) in [5, 5.41) is 1.00. The molecule has 3 heterocycles. The van der Waals surface area contributed by atoms with Crippen molar-refractivity contribution < 1.29 is 0 Å². The van der Waals surface area contributed by atoms with Gasteiger partial charge in [-0.05, 0) is 28.9 Å². The molecule has 0 saturated carbocycles. The Morgan fingerprint density at radius 1 is 1.39 bits per heavy atom. The normalized spacial score (nSPS) is 11.2. The number of aryl methyl sites for hydroxylation is 1. The third-order valence-electron chi connectivity index (χ3n) is 2.54. The van der Waals surface area contributed by atoms with Crippen LogP contribution in [0.15, 0.2) is 22.9 Å². The molecular weight excluding hydrogens is 314 g/mol. The molecule has 0 aliphatic carbocycles. The number of anilines is 1. The standard InChI is InChI=1S/C11H10BrN5S/c1-6-3-14-9(18-6)5-17-10-8(16-11(17)13)2-7(12)4-15-10/h2-4H,5H2,1H3,(H2,13,16). The molecule has 0 aliphatic heterocycles. The molecule has 0 amide bonds. The minimum atomic E-state index is 0.462. The van der Waals surface area contributed by atoms with E-state index in [-0.39, 0.29) is 0 Å². The van der Waals surface area contributed by atoms with E-state index in [4.69, 9.17) is 5.73 Å². The van der Waals surface area contributed by atoms with Gasteiger partial charge in [0.25, 0.3) is 0 Å². The van der Waals surface area contributed by atoms with Crippen LogP contribution in [0, 0.1) is 6.92 Å². The van der Waals surface area contributed by atoms with Crippen molar-refractivity contribution in [2.75, 3.05) is 5.73 Å². The van der Waals surface area contributed by atoms with E-state index in [0.29, 0.717) is 12.5 Å². The number of thiazole rings is 1. The topological polar surface area (TPSA) is 69.6 Å². The maximum Gasteiger partial charge on any atom is 0.202 e. The van der Waals surface area contributed by atoms with Gasteiger partial charge in [-0.2, -0.15) is 0 Å². The van der Waals surface area contributed by atoms with Crippen LogP contribution in [0.4, 0.5) is 5.95 Å². The highest BCUT2D eigenvalue weighted by Crippen LogP contribution is 2.22. The molecule has 7 heteroatoms. The van der Waals surface area contributed by atoms with Crippen LogP contribution >= 0.6 is 27.3 Å². The van der Waals surface area contributed by atoms with Crippen LogP contribution in [0.3, 0.4) is 0 Å². The number of nitrogens with two attached hydrogens (primary N) is 1. The van der Waals surface area contributed by atoms with Gasteiger partial charge in [0, 0.05) is 21.7 Å². The molecule has 3 aromatic heterocycles. The highest BCUT2D eigenvalue weighted by Gasteiger charge is 2.11. The van der Waals surface area contributed by atoms with Crippen molar-refractivity contribution in [3.05, 3.63) is 32.8 Å². The van der Waals surface area contributed by atoms with Crippen molar-refractivity contribution in [1.29, 1.82) is 0 Å². The summed E-state index contributed by atoms with van der Waals surface area (Å²) in [5.41, 5.74) is 7.50. The van der Waals surface area contributed by atoms with Gasteiger partial charge in [-0.3, -0.25) is 4.57 Å². The first-order chi connectivity index (χ1) is 8.63. The number of nitrogen functional groups attached to an aromatic ring is 1. The van der Waals surface area contributed by atoms with E-state index in [0.717, 1.165) is 20.6 Å². The van der Waals surface area contributed by atoms with Gasteiger partial charge in [-0.1, -0.05) is 0 Å². The van der Waals surface area contributed by atoms with E-state index in [1.54, 1.807) is 17.5 Å². The lowest BCUT2D eigenvalue weighted by atomic mass is 10.4. The van der Waals surface area contributed by atoms with Crippen molar-refractivity contribution in [3.8, 4) is 0 Å². The average molecular weight is 324 g/mol. The Morgan fingerprint density at radius 2 is 2.22 bits per heavy atom. The highest BCUT2D eigenvalue weighted by molar-refractivity contribution is 9.10. The van der Waals surface area contributed by atoms with Crippen molar-refractivity contribution in [2.45, 2.75) is 13.5 Å². The summed E-state index contributed by atoms with van der Waals surface area (Å²) in [5.74, 6) is 0.462. The first-order valence-corrected chi connectivity index (χ1v) is 6.93. The first-order valence-electron chi connectivity index (χ1n) is 5.32. The average Bonchev–Trinajstić information content (AvgIpc) is 2.84. The van der Waals surface area contributed by atoms with Crippen molar-refractivity contribution >= 4 is 44.4 Å². The fraction of sp³-hybridized carbons (Fsp3) is 0.182. The Balaban J connectivity index is 2.08. The molecule has 5 nitrogen and oxygen atoms in total. The smallest absolute Gasteiger partial charge is 0.202 e. The molecule has 0 unspecified atom stereocenters. The summed E-state index contributed by atoms with van der Waals surface area (Å²) in [6.07, 6.45) is 3.60. The second-order valence-electron chi connectivity index (χ2n) is 3.92. The molecule has 0 fully saturated rings. The van der Waals surface area contributed by atoms with Gasteiger partial charge in [0.05, 0.1) is 6.54 Å². The van der Waals surface area contributed by atoms with E-state index < -0.39 is 0 Å². The minimum Gasteiger partial charge on any atom is -0.369 e. The monoisotopic (exact) mass is 323 g/mol. The Hall–Kier alpha value is -1.47. The fourth-order valence-electron chi connectivity index (χ4n) is 1.77. The lowest BCUT2D eigenvalue weighted by molar-refractivity contribution is 0.819. The zero-order valence-electron chi connectivity index (χ0n) is 9.59. The number of hydrogen-bond donors (Lipinski definition) is 1. The van der Waals surface area contributed by atoms with E-state index in [1.807, 2.05) is 23.8 Å². The van der Waals surface area contributed by atoms with Gasteiger partial charge < -0.3 is 5.73 Å². The maximum atomic E-state index is 5.93. The predicted molar refractivity (Wildman–Crippen MR) is 75.6 cm³/mol. The number of fused-ring (bicyclic) bond motifs is 1. The molecule has 3 rings (SSSR count). The van der Waals surface area contributed by atoms with E-state index in [2.05, 4.69) is 30.9 Å². The fourth-order valence-corrected chi connectivity index (χ4v) is 2.86. The van der Waals surface area contributed by atoms with Crippen LogP contribution in [0.25, 0.3) is 11.2 Å². The van der Waals surface area contributed by atoms with Gasteiger partial charge in [-0.25, -0.2) is 15.0 Å². The molecule has 0 aromatic carbocycles. The number of rotatable bonds is 2. The van der Waals surface area contributed by atoms with Crippen molar-refractivity contribution in [2.24, 2.45) is 0 Å². The van der Waals surface area contributed by atoms with Gasteiger partial charge >= 0.3 is 0 Å². The molecule has 18 heavy (non-hydrogen) atoms. The van der Waals surface area contributed by atoms with E-state index >= 15 is 0 Å². The van der Waals surface area contributed by atoms with Gasteiger partial charge in [0.1, 0.15) is 10.5 Å². The number of aromatic nitrogens is 4. The van der Waals surface area contributed by atoms with Crippen molar-refractivity contribution in [1.82, 2.24) is 19.5 Å². The van der Waals surface area contributed by atoms with Crippen LogP contribution in [0.1, 0.15) is 9.88 Å². The molecule has 0 bridgehead atoms. The molecule has 92 valence electrons. The third kappa shape index (κ3) is 1.99. The third-order valence-corrected chi connectivity index (χ3v) is 3.87. The van der Waals surface area contributed by atoms with Crippen LogP contribution < -0.4 is 5.73 Å². The largest absolute Gasteiger partial charge is 0.369 e. The van der Waals surface area contributed by atoms with E-state index in [9.17, 15) is 0 Å². The van der Waals surface area contributed by atoms with Crippen molar-refractivity contribution in [3.63, 3.8) is 0 Å². The zero-order chi connectivity index (χ0) is 12.7. The Kier molecular flexibility index (Phi) is 2.79. The number of pyridine rings is 1. The van der Waals surface area contributed by atoms with E-state index in [1.165, 1.54) is 4.88 Å². The lowest BCUT2D eigenvalue weighted by Crippen LogP contribution is -2.04. The Labute approximate surface area is 116 Å². The molecule has 0 radical (unpaired) electrons. The molecule has 0 atom stereocenters. The molecule has 0 aliphatic rings. The van der Waals surface area contributed by atoms with Crippen LogP contribution in [0.5, 0.6) is 0 Å². The number of imidazole rings is 1. The highest BCUT2D eigenvalue weighted by atomic mass is 79.9. The Morgan fingerprint density at radius 3 is 2.94 bits per heavy atom. The molecule has 2 N–H and O–H groups in total. The number of hydrogen-bond acceptors (Lipinski definition) is 5. The molecule has 0 saturated heterocycles.